The summed E-state index contributed by atoms with van der Waals surface area (Å²) < 4.78 is 5.45. The standard InChI is InChI=1S/C28H27N3O2S2/c1-5-30-23-16-21(33-4)12-14-24(23)34-27(30)25-26(32)31(17-20-9-7-6-8-10-20)28(35-25)29-22-13-11-18(2)15-19(22)3/h6-16H,5,17H2,1-4H3/b27-25-,29-28?. The predicted octanol–water partition coefficient (Wildman–Crippen LogP) is 6.88. The van der Waals surface area contributed by atoms with Gasteiger partial charge >= 0.3 is 0 Å². The molecule has 0 saturated carbocycles. The Morgan fingerprint density at radius 3 is 2.46 bits per heavy atom. The van der Waals surface area contributed by atoms with Crippen LogP contribution in [0.15, 0.2) is 86.6 Å². The Bertz CT molecular complexity index is 1350. The number of rotatable bonds is 5. The minimum Gasteiger partial charge on any atom is -0.497 e. The molecule has 0 bridgehead atoms. The Morgan fingerprint density at radius 2 is 1.74 bits per heavy atom. The van der Waals surface area contributed by atoms with Crippen molar-refractivity contribution in [3.63, 3.8) is 0 Å². The van der Waals surface area contributed by atoms with E-state index in [0.29, 0.717) is 16.6 Å². The molecule has 178 valence electrons. The second kappa shape index (κ2) is 9.84. The number of nitrogens with zero attached hydrogens (tertiary/aromatic N) is 3. The molecule has 3 aromatic rings. The van der Waals surface area contributed by atoms with Crippen LogP contribution in [0, 0.1) is 13.8 Å². The van der Waals surface area contributed by atoms with Gasteiger partial charge in [0.2, 0.25) is 0 Å². The molecule has 0 N–H and O–H groups in total. The summed E-state index contributed by atoms with van der Waals surface area (Å²) in [5.41, 5.74) is 5.31. The maximum Gasteiger partial charge on any atom is 0.269 e. The number of benzene rings is 3. The Kier molecular flexibility index (Phi) is 6.62. The van der Waals surface area contributed by atoms with E-state index in [2.05, 4.69) is 43.9 Å². The summed E-state index contributed by atoms with van der Waals surface area (Å²) in [5.74, 6) is 0.797. The molecule has 1 amide bonds. The van der Waals surface area contributed by atoms with Crippen molar-refractivity contribution in [1.29, 1.82) is 0 Å². The molecule has 0 atom stereocenters. The number of fused-ring (bicyclic) bond motifs is 1. The lowest BCUT2D eigenvalue weighted by Crippen LogP contribution is -2.29. The van der Waals surface area contributed by atoms with Gasteiger partial charge in [0.15, 0.2) is 5.17 Å². The van der Waals surface area contributed by atoms with Crippen molar-refractivity contribution in [3.8, 4) is 5.75 Å². The molecular weight excluding hydrogens is 474 g/mol. The van der Waals surface area contributed by atoms with Crippen LogP contribution in [0.1, 0.15) is 23.6 Å². The maximum atomic E-state index is 13.9. The summed E-state index contributed by atoms with van der Waals surface area (Å²) in [6.07, 6.45) is 0. The first kappa shape index (κ1) is 23.6. The average Bonchev–Trinajstić information content (AvgIpc) is 3.38. The highest BCUT2D eigenvalue weighted by Crippen LogP contribution is 2.51. The number of hydrogen-bond donors (Lipinski definition) is 0. The van der Waals surface area contributed by atoms with E-state index in [1.165, 1.54) is 17.3 Å². The van der Waals surface area contributed by atoms with Gasteiger partial charge in [-0.2, -0.15) is 0 Å². The van der Waals surface area contributed by atoms with E-state index in [0.717, 1.165) is 44.7 Å². The van der Waals surface area contributed by atoms with Crippen molar-refractivity contribution in [3.05, 3.63) is 93.4 Å². The molecule has 1 saturated heterocycles. The number of carbonyl (C=O) groups excluding carboxylic acids is 1. The molecule has 0 spiro atoms. The molecule has 35 heavy (non-hydrogen) atoms. The van der Waals surface area contributed by atoms with Gasteiger partial charge in [-0.15, -0.1) is 0 Å². The zero-order chi connectivity index (χ0) is 24.5. The SMILES string of the molecule is CCN1/C(=C2/SC(=Nc3ccc(C)cc3C)N(Cc3ccccc3)C2=O)Sc2ccc(OC)cc21. The van der Waals surface area contributed by atoms with Gasteiger partial charge < -0.3 is 9.64 Å². The molecule has 2 aliphatic heterocycles. The number of aryl methyl sites for hydroxylation is 2. The summed E-state index contributed by atoms with van der Waals surface area (Å²) >= 11 is 3.10. The Hall–Kier alpha value is -3.16. The number of methoxy groups -OCH3 is 1. The van der Waals surface area contributed by atoms with Gasteiger partial charge in [0.1, 0.15) is 15.7 Å². The third kappa shape index (κ3) is 4.58. The molecule has 0 aromatic heterocycles. The predicted molar refractivity (Wildman–Crippen MR) is 146 cm³/mol. The Labute approximate surface area is 214 Å². The van der Waals surface area contributed by atoms with Crippen LogP contribution in [0.25, 0.3) is 0 Å². The molecular formula is C28H27N3O2S2. The minimum absolute atomic E-state index is 0.0110. The molecule has 2 aliphatic rings. The smallest absolute Gasteiger partial charge is 0.269 e. The van der Waals surface area contributed by atoms with Crippen molar-refractivity contribution >= 4 is 46.0 Å². The third-order valence-corrected chi connectivity index (χ3v) is 8.41. The zero-order valence-corrected chi connectivity index (χ0v) is 21.9. The molecule has 1 fully saturated rings. The molecule has 0 unspecified atom stereocenters. The third-order valence-electron chi connectivity index (χ3n) is 6.03. The second-order valence-electron chi connectivity index (χ2n) is 8.48. The summed E-state index contributed by atoms with van der Waals surface area (Å²) in [5, 5.41) is 1.66. The molecule has 5 rings (SSSR count). The largest absolute Gasteiger partial charge is 0.497 e. The van der Waals surface area contributed by atoms with Crippen molar-refractivity contribution in [2.45, 2.75) is 32.2 Å². The van der Waals surface area contributed by atoms with E-state index in [1.807, 2.05) is 48.5 Å². The van der Waals surface area contributed by atoms with Gasteiger partial charge in [0.05, 0.1) is 25.0 Å². The average molecular weight is 502 g/mol. The number of anilines is 1. The van der Waals surface area contributed by atoms with Gasteiger partial charge in [-0.25, -0.2) is 4.99 Å². The topological polar surface area (TPSA) is 45.1 Å². The number of amidine groups is 1. The lowest BCUT2D eigenvalue weighted by Gasteiger charge is -2.19. The first-order chi connectivity index (χ1) is 17.0. The van der Waals surface area contributed by atoms with Crippen LogP contribution in [0.3, 0.4) is 0 Å². The van der Waals surface area contributed by atoms with E-state index in [1.54, 1.807) is 23.8 Å². The summed E-state index contributed by atoms with van der Waals surface area (Å²) in [6.45, 7) is 7.47. The summed E-state index contributed by atoms with van der Waals surface area (Å²) in [7, 11) is 1.67. The quantitative estimate of drug-likeness (QED) is 0.357. The Morgan fingerprint density at radius 1 is 0.943 bits per heavy atom. The van der Waals surface area contributed by atoms with Gasteiger partial charge in [0.25, 0.3) is 5.91 Å². The summed E-state index contributed by atoms with van der Waals surface area (Å²) in [6, 6.07) is 22.3. The Balaban J connectivity index is 1.58. The highest BCUT2D eigenvalue weighted by Gasteiger charge is 2.39. The first-order valence-corrected chi connectivity index (χ1v) is 13.2. The number of amides is 1. The molecule has 7 heteroatoms. The van der Waals surface area contributed by atoms with Crippen molar-refractivity contribution < 1.29 is 9.53 Å². The lowest BCUT2D eigenvalue weighted by atomic mass is 10.1. The van der Waals surface area contributed by atoms with Crippen LogP contribution in [0.5, 0.6) is 5.75 Å². The first-order valence-electron chi connectivity index (χ1n) is 11.6. The molecule has 2 heterocycles. The van der Waals surface area contributed by atoms with Crippen LogP contribution >= 0.6 is 23.5 Å². The van der Waals surface area contributed by atoms with Crippen molar-refractivity contribution in [2.24, 2.45) is 4.99 Å². The highest BCUT2D eigenvalue weighted by atomic mass is 32.2. The van der Waals surface area contributed by atoms with Crippen molar-refractivity contribution in [2.75, 3.05) is 18.6 Å². The molecule has 3 aromatic carbocycles. The maximum absolute atomic E-state index is 13.9. The number of carbonyl (C=O) groups is 1. The van der Waals surface area contributed by atoms with Gasteiger partial charge in [-0.05, 0) is 61.9 Å². The fourth-order valence-corrected chi connectivity index (χ4v) is 6.59. The van der Waals surface area contributed by atoms with Crippen LogP contribution in [0.2, 0.25) is 0 Å². The summed E-state index contributed by atoms with van der Waals surface area (Å²) in [4.78, 5) is 24.7. The van der Waals surface area contributed by atoms with E-state index >= 15 is 0 Å². The number of hydrogen-bond acceptors (Lipinski definition) is 6. The van der Waals surface area contributed by atoms with Crippen molar-refractivity contribution in [1.82, 2.24) is 4.90 Å². The van der Waals surface area contributed by atoms with Crippen LogP contribution in [-0.4, -0.2) is 29.6 Å². The number of thioether (sulfide) groups is 2. The van der Waals surface area contributed by atoms with Gasteiger partial charge in [-0.1, -0.05) is 59.8 Å². The van der Waals surface area contributed by atoms with Gasteiger partial charge in [-0.3, -0.25) is 9.69 Å². The monoisotopic (exact) mass is 501 g/mol. The second-order valence-corrected chi connectivity index (χ2v) is 10.5. The van der Waals surface area contributed by atoms with E-state index in [4.69, 9.17) is 9.73 Å². The van der Waals surface area contributed by atoms with E-state index in [-0.39, 0.29) is 5.91 Å². The normalized spacial score (nSPS) is 18.5. The van der Waals surface area contributed by atoms with Crippen LogP contribution in [-0.2, 0) is 11.3 Å². The minimum atomic E-state index is -0.0110. The zero-order valence-electron chi connectivity index (χ0n) is 20.2. The lowest BCUT2D eigenvalue weighted by molar-refractivity contribution is -0.122. The fourth-order valence-electron chi connectivity index (χ4n) is 4.23. The highest BCUT2D eigenvalue weighted by molar-refractivity contribution is 8.19. The fraction of sp³-hybridized carbons (Fsp3) is 0.214. The molecule has 0 aliphatic carbocycles. The number of ether oxygens (including phenoxy) is 1. The van der Waals surface area contributed by atoms with E-state index < -0.39 is 0 Å². The molecule has 5 nitrogen and oxygen atoms in total. The van der Waals surface area contributed by atoms with E-state index in [9.17, 15) is 4.79 Å². The number of aliphatic imine (C=N–C) groups is 1. The van der Waals surface area contributed by atoms with Gasteiger partial charge in [0, 0.05) is 17.5 Å². The van der Waals surface area contributed by atoms with Crippen LogP contribution in [0.4, 0.5) is 11.4 Å². The molecule has 0 radical (unpaired) electrons. The van der Waals surface area contributed by atoms with Crippen LogP contribution < -0.4 is 9.64 Å².